The van der Waals surface area contributed by atoms with E-state index in [1.165, 1.54) is 42.8 Å². The third kappa shape index (κ3) is 3.67. The van der Waals surface area contributed by atoms with Crippen molar-refractivity contribution in [2.75, 3.05) is 0 Å². The van der Waals surface area contributed by atoms with Crippen molar-refractivity contribution in [3.63, 3.8) is 0 Å². The average molecular weight is 519 g/mol. The molecule has 0 N–H and O–H groups in total. The molecule has 0 bridgehead atoms. The number of benzene rings is 3. The van der Waals surface area contributed by atoms with Gasteiger partial charge in [-0.25, -0.2) is 0 Å². The third-order valence-corrected chi connectivity index (χ3v) is 10.9. The van der Waals surface area contributed by atoms with Crippen LogP contribution in [0.15, 0.2) is 72.8 Å². The van der Waals surface area contributed by atoms with Gasteiger partial charge in [-0.15, -0.1) is 22.7 Å². The molecule has 2 heteroatoms. The van der Waals surface area contributed by atoms with Crippen LogP contribution >= 0.6 is 22.7 Å². The Kier molecular flexibility index (Phi) is 5.33. The molecule has 37 heavy (non-hydrogen) atoms. The van der Waals surface area contributed by atoms with Gasteiger partial charge in [0.15, 0.2) is 0 Å². The Bertz CT molecular complexity index is 1650. The van der Waals surface area contributed by atoms with E-state index < -0.39 is 0 Å². The standard InChI is InChI=1S/C35H34S2/c1-20(2)32-24-11-7-6-10-21(24)17-30-27(32)19-29(37-30)23-15-14-22-18-31-33(25-12-8-9-13-28(25)36-31)34(26(22)16-23)35(3,4)5/h6-16,19-20,32,34H,17-18H2,1-5H3. The Hall–Kier alpha value is -2.68. The molecule has 2 atom stereocenters. The van der Waals surface area contributed by atoms with Gasteiger partial charge in [0.25, 0.3) is 0 Å². The summed E-state index contributed by atoms with van der Waals surface area (Å²) in [6, 6.07) is 28.1. The van der Waals surface area contributed by atoms with Crippen molar-refractivity contribution >= 4 is 32.8 Å². The Morgan fingerprint density at radius 1 is 0.730 bits per heavy atom. The van der Waals surface area contributed by atoms with Crippen LogP contribution in [0.5, 0.6) is 0 Å². The van der Waals surface area contributed by atoms with E-state index >= 15 is 0 Å². The number of thiophene rings is 2. The average Bonchev–Trinajstić information content (AvgIpc) is 3.45. The summed E-state index contributed by atoms with van der Waals surface area (Å²) < 4.78 is 1.43. The Labute approximate surface area is 229 Å². The quantitative estimate of drug-likeness (QED) is 0.218. The van der Waals surface area contributed by atoms with Gasteiger partial charge in [-0.2, -0.15) is 0 Å². The van der Waals surface area contributed by atoms with Gasteiger partial charge in [-0.05, 0) is 73.9 Å². The second-order valence-corrected chi connectivity index (χ2v) is 14.7. The third-order valence-electron chi connectivity index (χ3n) is 8.54. The lowest BCUT2D eigenvalue weighted by Crippen LogP contribution is -2.24. The van der Waals surface area contributed by atoms with Crippen molar-refractivity contribution in [3.8, 4) is 10.4 Å². The Morgan fingerprint density at radius 2 is 1.46 bits per heavy atom. The predicted molar refractivity (Wildman–Crippen MR) is 162 cm³/mol. The fraction of sp³-hybridized carbons (Fsp3) is 0.314. The normalized spacial score (nSPS) is 18.4. The molecule has 0 spiro atoms. The predicted octanol–water partition coefficient (Wildman–Crippen LogP) is 10.4. The second-order valence-electron chi connectivity index (χ2n) is 12.4. The summed E-state index contributed by atoms with van der Waals surface area (Å²) in [7, 11) is 0. The maximum absolute atomic E-state index is 2.55. The van der Waals surface area contributed by atoms with Crippen molar-refractivity contribution in [1.82, 2.24) is 0 Å². The van der Waals surface area contributed by atoms with Gasteiger partial charge >= 0.3 is 0 Å². The summed E-state index contributed by atoms with van der Waals surface area (Å²) >= 11 is 4.03. The first-order valence-electron chi connectivity index (χ1n) is 13.6. The van der Waals surface area contributed by atoms with Gasteiger partial charge in [0.1, 0.15) is 0 Å². The summed E-state index contributed by atoms with van der Waals surface area (Å²) in [5.74, 6) is 1.48. The van der Waals surface area contributed by atoms with E-state index in [1.807, 2.05) is 22.7 Å². The zero-order valence-electron chi connectivity index (χ0n) is 22.4. The number of hydrogen-bond acceptors (Lipinski definition) is 2. The van der Waals surface area contributed by atoms with Crippen LogP contribution in [-0.4, -0.2) is 0 Å². The minimum Gasteiger partial charge on any atom is -0.140 e. The van der Waals surface area contributed by atoms with Crippen LogP contribution in [0.3, 0.4) is 0 Å². The highest BCUT2D eigenvalue weighted by atomic mass is 32.1. The molecule has 0 nitrogen and oxygen atoms in total. The smallest absolute Gasteiger partial charge is 0.0348 e. The summed E-state index contributed by atoms with van der Waals surface area (Å²) in [6.07, 6.45) is 2.13. The molecule has 2 aromatic heterocycles. The maximum atomic E-state index is 2.55. The highest BCUT2D eigenvalue weighted by molar-refractivity contribution is 7.19. The molecule has 2 aliphatic rings. The van der Waals surface area contributed by atoms with Gasteiger partial charge in [0.2, 0.25) is 0 Å². The van der Waals surface area contributed by atoms with Crippen LogP contribution in [0.25, 0.3) is 20.5 Å². The molecule has 0 amide bonds. The zero-order valence-corrected chi connectivity index (χ0v) is 24.0. The van der Waals surface area contributed by atoms with Crippen molar-refractivity contribution in [1.29, 1.82) is 0 Å². The molecule has 0 saturated carbocycles. The minimum atomic E-state index is 0.144. The highest BCUT2D eigenvalue weighted by Crippen LogP contribution is 2.53. The first kappa shape index (κ1) is 23.4. The molecule has 3 aromatic carbocycles. The van der Waals surface area contributed by atoms with Crippen LogP contribution in [0.2, 0.25) is 0 Å². The van der Waals surface area contributed by atoms with E-state index in [1.54, 1.807) is 20.9 Å². The van der Waals surface area contributed by atoms with Crippen molar-refractivity contribution in [2.24, 2.45) is 11.3 Å². The molecule has 2 aliphatic carbocycles. The Morgan fingerprint density at radius 3 is 2.27 bits per heavy atom. The minimum absolute atomic E-state index is 0.144. The molecule has 0 radical (unpaired) electrons. The molecule has 186 valence electrons. The SMILES string of the molecule is CC(C)C1c2ccccc2Cc2sc(-c3ccc4c(c3)C(C(C)(C)C)c3c(sc5ccccc35)C4)cc21. The summed E-state index contributed by atoms with van der Waals surface area (Å²) in [6.45, 7) is 12.0. The fourth-order valence-corrected chi connectivity index (χ4v) is 9.51. The molecule has 2 heterocycles. The van der Waals surface area contributed by atoms with Gasteiger partial charge in [0, 0.05) is 44.0 Å². The van der Waals surface area contributed by atoms with E-state index in [4.69, 9.17) is 0 Å². The van der Waals surface area contributed by atoms with Crippen molar-refractivity contribution < 1.29 is 0 Å². The van der Waals surface area contributed by atoms with Gasteiger partial charge in [-0.3, -0.25) is 0 Å². The molecular weight excluding hydrogens is 485 g/mol. The molecule has 0 fully saturated rings. The highest BCUT2D eigenvalue weighted by Gasteiger charge is 2.37. The van der Waals surface area contributed by atoms with Crippen LogP contribution in [-0.2, 0) is 12.8 Å². The summed E-state index contributed by atoms with van der Waals surface area (Å²) in [5, 5.41) is 1.46. The fourth-order valence-electron chi connectivity index (χ4n) is 7.01. The van der Waals surface area contributed by atoms with E-state index in [-0.39, 0.29) is 5.41 Å². The lowest BCUT2D eigenvalue weighted by Gasteiger charge is -2.37. The number of rotatable bonds is 2. The molecular formula is C35H34S2. The van der Waals surface area contributed by atoms with Crippen molar-refractivity contribution in [3.05, 3.63) is 116 Å². The van der Waals surface area contributed by atoms with Crippen LogP contribution in [0.1, 0.15) is 89.6 Å². The maximum Gasteiger partial charge on any atom is 0.0348 e. The summed E-state index contributed by atoms with van der Waals surface area (Å²) in [4.78, 5) is 4.55. The zero-order chi connectivity index (χ0) is 25.5. The van der Waals surface area contributed by atoms with E-state index in [0.29, 0.717) is 17.8 Å². The number of hydrogen-bond donors (Lipinski definition) is 0. The topological polar surface area (TPSA) is 0 Å². The van der Waals surface area contributed by atoms with Crippen LogP contribution in [0, 0.1) is 11.3 Å². The lowest BCUT2D eigenvalue weighted by atomic mass is 9.67. The van der Waals surface area contributed by atoms with Crippen LogP contribution < -0.4 is 0 Å². The molecule has 7 rings (SSSR count). The van der Waals surface area contributed by atoms with Gasteiger partial charge < -0.3 is 0 Å². The van der Waals surface area contributed by atoms with Gasteiger partial charge in [-0.1, -0.05) is 89.2 Å². The second kappa shape index (κ2) is 8.41. The Balaban J connectivity index is 1.36. The van der Waals surface area contributed by atoms with E-state index in [0.717, 1.165) is 12.8 Å². The van der Waals surface area contributed by atoms with Crippen molar-refractivity contribution in [2.45, 2.75) is 59.3 Å². The summed E-state index contributed by atoms with van der Waals surface area (Å²) in [5.41, 5.74) is 10.8. The molecule has 5 aromatic rings. The lowest BCUT2D eigenvalue weighted by molar-refractivity contribution is 0.355. The monoisotopic (exact) mass is 518 g/mol. The molecule has 0 saturated heterocycles. The largest absolute Gasteiger partial charge is 0.140 e. The first-order valence-corrected chi connectivity index (χ1v) is 15.3. The first-order chi connectivity index (χ1) is 17.8. The molecule has 0 aliphatic heterocycles. The van der Waals surface area contributed by atoms with E-state index in [2.05, 4.69) is 107 Å². The van der Waals surface area contributed by atoms with E-state index in [9.17, 15) is 0 Å². The van der Waals surface area contributed by atoms with Crippen LogP contribution in [0.4, 0.5) is 0 Å². The molecule has 2 unspecified atom stereocenters. The van der Waals surface area contributed by atoms with Gasteiger partial charge in [0.05, 0.1) is 0 Å². The number of fused-ring (bicyclic) bond motifs is 6.